The van der Waals surface area contributed by atoms with Crippen molar-refractivity contribution in [3.63, 3.8) is 0 Å². The van der Waals surface area contributed by atoms with Gasteiger partial charge >= 0.3 is 0 Å². The van der Waals surface area contributed by atoms with Crippen molar-refractivity contribution < 1.29 is 19.0 Å². The normalized spacial score (nSPS) is 17.8. The lowest BCUT2D eigenvalue weighted by atomic mass is 10.1. The molecule has 7 heteroatoms. The van der Waals surface area contributed by atoms with Gasteiger partial charge in [0.25, 0.3) is 0 Å². The number of nitrogens with zero attached hydrogens (tertiary/aromatic N) is 1. The number of halogens is 1. The van der Waals surface area contributed by atoms with Crippen LogP contribution in [-0.4, -0.2) is 47.1 Å². The van der Waals surface area contributed by atoms with Gasteiger partial charge in [0.05, 0.1) is 19.3 Å². The van der Waals surface area contributed by atoms with Crippen molar-refractivity contribution in [1.29, 1.82) is 0 Å². The number of fused-ring (bicyclic) bond motifs is 1. The molecule has 3 aromatic rings. The molecule has 1 aromatic heterocycles. The van der Waals surface area contributed by atoms with E-state index < -0.39 is 6.10 Å². The molecule has 2 heterocycles. The Kier molecular flexibility index (Phi) is 5.51. The Morgan fingerprint density at radius 1 is 1.31 bits per heavy atom. The van der Waals surface area contributed by atoms with Crippen LogP contribution in [-0.2, 0) is 11.3 Å². The van der Waals surface area contributed by atoms with Crippen LogP contribution in [0.2, 0.25) is 0 Å². The molecule has 2 aromatic carbocycles. The third-order valence-electron chi connectivity index (χ3n) is 5.42. The Labute approximate surface area is 168 Å². The predicted molar refractivity (Wildman–Crippen MR) is 108 cm³/mol. The van der Waals surface area contributed by atoms with Crippen LogP contribution < -0.4 is 10.1 Å². The number of rotatable bonds is 7. The number of aliphatic hydroxyl groups is 1. The van der Waals surface area contributed by atoms with E-state index in [0.29, 0.717) is 19.5 Å². The van der Waals surface area contributed by atoms with Crippen molar-refractivity contribution in [2.24, 2.45) is 0 Å². The van der Waals surface area contributed by atoms with Crippen LogP contribution in [0.4, 0.5) is 4.39 Å². The van der Waals surface area contributed by atoms with E-state index in [1.165, 1.54) is 12.1 Å². The molecule has 1 aliphatic rings. The van der Waals surface area contributed by atoms with Gasteiger partial charge in [-0.15, -0.1) is 0 Å². The summed E-state index contributed by atoms with van der Waals surface area (Å²) in [6.07, 6.45) is 1.71. The summed E-state index contributed by atoms with van der Waals surface area (Å²) in [7, 11) is 1.61. The Hall–Kier alpha value is -2.90. The molecule has 3 N–H and O–H groups in total. The van der Waals surface area contributed by atoms with Gasteiger partial charge < -0.3 is 25.0 Å². The smallest absolute Gasteiger partial charge is 0.240 e. The molecule has 0 aliphatic carbocycles. The summed E-state index contributed by atoms with van der Waals surface area (Å²) in [5, 5.41) is 14.7. The highest BCUT2D eigenvalue weighted by atomic mass is 19.1. The number of hydrogen-bond acceptors (Lipinski definition) is 4. The fourth-order valence-corrected chi connectivity index (χ4v) is 3.78. The molecule has 0 radical (unpaired) electrons. The molecule has 1 aliphatic heterocycles. The summed E-state index contributed by atoms with van der Waals surface area (Å²) in [5.41, 5.74) is 2.58. The highest BCUT2D eigenvalue weighted by Gasteiger charge is 2.31. The summed E-state index contributed by atoms with van der Waals surface area (Å²) >= 11 is 0. The molecule has 6 nitrogen and oxygen atoms in total. The number of aromatic nitrogens is 1. The summed E-state index contributed by atoms with van der Waals surface area (Å²) in [5.74, 6) is 0.438. The number of carbonyl (C=O) groups is 1. The number of ether oxygens (including phenoxy) is 1. The van der Waals surface area contributed by atoms with Crippen LogP contribution in [0.1, 0.15) is 23.7 Å². The first kappa shape index (κ1) is 19.4. The van der Waals surface area contributed by atoms with E-state index in [1.807, 2.05) is 18.2 Å². The molecule has 2 atom stereocenters. The van der Waals surface area contributed by atoms with Crippen molar-refractivity contribution in [3.8, 4) is 5.75 Å². The molecule has 4 rings (SSSR count). The van der Waals surface area contributed by atoms with E-state index in [0.717, 1.165) is 27.8 Å². The largest absolute Gasteiger partial charge is 0.497 e. The van der Waals surface area contributed by atoms with Crippen LogP contribution in [0.25, 0.3) is 10.9 Å². The minimum atomic E-state index is -0.755. The monoisotopic (exact) mass is 397 g/mol. The van der Waals surface area contributed by atoms with Crippen LogP contribution in [0, 0.1) is 5.82 Å². The SMILES string of the molecule is COc1ccc2[nH]cc(C(O)CNC3CCN(Cc4ccc(F)cc4)C3=O)c2c1. The van der Waals surface area contributed by atoms with Crippen molar-refractivity contribution in [2.45, 2.75) is 25.1 Å². The first-order chi connectivity index (χ1) is 14.0. The minimum absolute atomic E-state index is 0.00196. The van der Waals surface area contributed by atoms with Crippen LogP contribution in [0.15, 0.2) is 48.7 Å². The maximum Gasteiger partial charge on any atom is 0.240 e. The number of carbonyl (C=O) groups excluding carboxylic acids is 1. The van der Waals surface area contributed by atoms with Gasteiger partial charge in [-0.25, -0.2) is 4.39 Å². The van der Waals surface area contributed by atoms with Gasteiger partial charge in [-0.05, 0) is 42.3 Å². The molecule has 2 unspecified atom stereocenters. The lowest BCUT2D eigenvalue weighted by Crippen LogP contribution is -2.39. The maximum atomic E-state index is 13.0. The predicted octanol–water partition coefficient (Wildman–Crippen LogP) is 2.74. The summed E-state index contributed by atoms with van der Waals surface area (Å²) in [6.45, 7) is 1.36. The van der Waals surface area contributed by atoms with E-state index in [4.69, 9.17) is 4.74 Å². The fraction of sp³-hybridized carbons (Fsp3) is 0.318. The zero-order chi connectivity index (χ0) is 20.4. The molecular formula is C22H24FN3O3. The zero-order valence-electron chi connectivity index (χ0n) is 16.2. The van der Waals surface area contributed by atoms with Gasteiger partial charge in [0, 0.05) is 42.3 Å². The molecule has 1 saturated heterocycles. The second-order valence-corrected chi connectivity index (χ2v) is 7.31. The van der Waals surface area contributed by atoms with Crippen LogP contribution in [0.3, 0.4) is 0 Å². The standard InChI is InChI=1S/C22H24FN3O3/c1-29-16-6-7-19-17(10-16)18(11-24-19)21(27)12-25-20-8-9-26(22(20)28)13-14-2-4-15(23)5-3-14/h2-7,10-11,20-21,24-25,27H,8-9,12-13H2,1H3. The molecule has 29 heavy (non-hydrogen) atoms. The van der Waals surface area contributed by atoms with Crippen molar-refractivity contribution in [1.82, 2.24) is 15.2 Å². The first-order valence-corrected chi connectivity index (χ1v) is 9.65. The van der Waals surface area contributed by atoms with Gasteiger partial charge in [-0.1, -0.05) is 12.1 Å². The Morgan fingerprint density at radius 2 is 2.10 bits per heavy atom. The Balaban J connectivity index is 1.36. The quantitative estimate of drug-likeness (QED) is 0.573. The van der Waals surface area contributed by atoms with E-state index >= 15 is 0 Å². The molecule has 0 bridgehead atoms. The van der Waals surface area contributed by atoms with Gasteiger partial charge in [0.2, 0.25) is 5.91 Å². The summed E-state index contributed by atoms with van der Waals surface area (Å²) < 4.78 is 18.3. The number of aromatic amines is 1. The Bertz CT molecular complexity index is 1000. The van der Waals surface area contributed by atoms with Crippen LogP contribution in [0.5, 0.6) is 5.75 Å². The van der Waals surface area contributed by atoms with Gasteiger partial charge in [0.1, 0.15) is 11.6 Å². The third-order valence-corrected chi connectivity index (χ3v) is 5.42. The molecule has 0 spiro atoms. The molecule has 1 amide bonds. The van der Waals surface area contributed by atoms with Gasteiger partial charge in [-0.3, -0.25) is 4.79 Å². The molecular weight excluding hydrogens is 373 g/mol. The highest BCUT2D eigenvalue weighted by molar-refractivity contribution is 5.85. The number of likely N-dealkylation sites (tertiary alicyclic amines) is 1. The van der Waals surface area contributed by atoms with Crippen LogP contribution >= 0.6 is 0 Å². The van der Waals surface area contributed by atoms with Crippen molar-refractivity contribution in [2.75, 3.05) is 20.2 Å². The first-order valence-electron chi connectivity index (χ1n) is 9.65. The average Bonchev–Trinajstić information content (AvgIpc) is 3.31. The van der Waals surface area contributed by atoms with E-state index in [1.54, 1.807) is 30.3 Å². The zero-order valence-corrected chi connectivity index (χ0v) is 16.2. The lowest BCUT2D eigenvalue weighted by Gasteiger charge is -2.18. The van der Waals surface area contributed by atoms with Crippen molar-refractivity contribution in [3.05, 3.63) is 65.6 Å². The lowest BCUT2D eigenvalue weighted by molar-refractivity contribution is -0.130. The van der Waals surface area contributed by atoms with Gasteiger partial charge in [0.15, 0.2) is 0 Å². The Morgan fingerprint density at radius 3 is 2.86 bits per heavy atom. The number of amides is 1. The summed E-state index contributed by atoms with van der Waals surface area (Å²) in [6, 6.07) is 11.5. The molecule has 152 valence electrons. The van der Waals surface area contributed by atoms with Crippen molar-refractivity contribution >= 4 is 16.8 Å². The van der Waals surface area contributed by atoms with Gasteiger partial charge in [-0.2, -0.15) is 0 Å². The highest BCUT2D eigenvalue weighted by Crippen LogP contribution is 2.28. The summed E-state index contributed by atoms with van der Waals surface area (Å²) in [4.78, 5) is 17.6. The third kappa shape index (κ3) is 4.11. The number of nitrogens with one attached hydrogen (secondary N) is 2. The van der Waals surface area contributed by atoms with E-state index in [2.05, 4.69) is 10.3 Å². The molecule has 0 saturated carbocycles. The second-order valence-electron chi connectivity index (χ2n) is 7.31. The number of H-pyrrole nitrogens is 1. The molecule has 1 fully saturated rings. The topological polar surface area (TPSA) is 77.6 Å². The fourth-order valence-electron chi connectivity index (χ4n) is 3.78. The number of methoxy groups -OCH3 is 1. The average molecular weight is 397 g/mol. The minimum Gasteiger partial charge on any atom is -0.497 e. The number of hydrogen-bond donors (Lipinski definition) is 3. The van der Waals surface area contributed by atoms with E-state index in [-0.39, 0.29) is 24.3 Å². The van der Waals surface area contributed by atoms with E-state index in [9.17, 15) is 14.3 Å². The number of benzene rings is 2. The second kappa shape index (κ2) is 8.23. The maximum absolute atomic E-state index is 13.0. The number of aliphatic hydroxyl groups excluding tert-OH is 1.